The van der Waals surface area contributed by atoms with Crippen LogP contribution in [0.25, 0.3) is 0 Å². The molecule has 0 aliphatic heterocycles. The second-order valence-corrected chi connectivity index (χ2v) is 4.97. The van der Waals surface area contributed by atoms with E-state index in [1.165, 1.54) is 4.90 Å². The molecular weight excluding hydrogens is 258 g/mol. The first-order chi connectivity index (χ1) is 9.41. The summed E-state index contributed by atoms with van der Waals surface area (Å²) in [5, 5.41) is 8.58. The molecule has 0 aliphatic rings. The van der Waals surface area contributed by atoms with E-state index in [1.54, 1.807) is 24.3 Å². The van der Waals surface area contributed by atoms with Crippen LogP contribution in [-0.2, 0) is 14.4 Å². The minimum Gasteiger partial charge on any atom is -0.475 e. The van der Waals surface area contributed by atoms with Crippen LogP contribution in [0.1, 0.15) is 26.7 Å². The second-order valence-electron chi connectivity index (χ2n) is 4.97. The van der Waals surface area contributed by atoms with E-state index in [9.17, 15) is 14.4 Å². The summed E-state index contributed by atoms with van der Waals surface area (Å²) in [4.78, 5) is 35.3. The highest BCUT2D eigenvalue weighted by Gasteiger charge is 2.22. The normalized spacial score (nSPS) is 10.3. The number of carbonyl (C=O) groups excluding carboxylic acids is 2. The number of hydrogen-bond donors (Lipinski definition) is 1. The number of ketones is 1. The highest BCUT2D eigenvalue weighted by atomic mass is 16.4. The van der Waals surface area contributed by atoms with Gasteiger partial charge in [0.15, 0.2) is 0 Å². The van der Waals surface area contributed by atoms with Crippen molar-refractivity contribution >= 4 is 23.3 Å². The fraction of sp³-hybridized carbons (Fsp3) is 0.400. The van der Waals surface area contributed by atoms with Gasteiger partial charge in [0.1, 0.15) is 0 Å². The highest BCUT2D eigenvalue weighted by Crippen LogP contribution is 2.16. The zero-order chi connectivity index (χ0) is 15.1. The SMILES string of the molecule is CC(C)CCN(C(=O)CC(=O)C(=O)O)c1ccccc1. The number of carbonyl (C=O) groups is 3. The molecule has 0 heterocycles. The summed E-state index contributed by atoms with van der Waals surface area (Å²) in [5.74, 6) is -2.73. The number of Topliss-reactive ketones (excluding diaryl/α,β-unsaturated/α-hetero) is 1. The van der Waals surface area contributed by atoms with Gasteiger partial charge in [-0.3, -0.25) is 9.59 Å². The molecule has 108 valence electrons. The van der Waals surface area contributed by atoms with Crippen molar-refractivity contribution in [2.45, 2.75) is 26.7 Å². The van der Waals surface area contributed by atoms with Crippen LogP contribution >= 0.6 is 0 Å². The minimum atomic E-state index is -1.57. The fourth-order valence-electron chi connectivity index (χ4n) is 1.70. The van der Waals surface area contributed by atoms with Crippen molar-refractivity contribution < 1.29 is 19.5 Å². The maximum absolute atomic E-state index is 12.1. The van der Waals surface area contributed by atoms with E-state index in [-0.39, 0.29) is 0 Å². The smallest absolute Gasteiger partial charge is 0.372 e. The molecule has 0 saturated heterocycles. The van der Waals surface area contributed by atoms with Crippen LogP contribution in [0.4, 0.5) is 5.69 Å². The Bertz CT molecular complexity index is 482. The summed E-state index contributed by atoms with van der Waals surface area (Å²) in [6.45, 7) is 4.54. The molecule has 0 atom stereocenters. The third kappa shape index (κ3) is 4.84. The van der Waals surface area contributed by atoms with Crippen molar-refractivity contribution in [1.29, 1.82) is 0 Å². The first-order valence-electron chi connectivity index (χ1n) is 6.53. The molecule has 0 aliphatic carbocycles. The molecule has 5 heteroatoms. The van der Waals surface area contributed by atoms with E-state index in [4.69, 9.17) is 5.11 Å². The van der Waals surface area contributed by atoms with Gasteiger partial charge in [0.25, 0.3) is 0 Å². The average molecular weight is 277 g/mol. The predicted octanol–water partition coefficient (Wildman–Crippen LogP) is 2.11. The maximum Gasteiger partial charge on any atom is 0.372 e. The Kier molecular flexibility index (Phi) is 5.90. The topological polar surface area (TPSA) is 74.7 Å². The van der Waals surface area contributed by atoms with Crippen LogP contribution in [0.3, 0.4) is 0 Å². The van der Waals surface area contributed by atoms with Gasteiger partial charge in [-0.25, -0.2) is 4.79 Å². The zero-order valence-corrected chi connectivity index (χ0v) is 11.7. The number of hydrogen-bond acceptors (Lipinski definition) is 3. The number of rotatable bonds is 7. The lowest BCUT2D eigenvalue weighted by Crippen LogP contribution is -2.35. The van der Waals surface area contributed by atoms with Gasteiger partial charge >= 0.3 is 5.97 Å². The second kappa shape index (κ2) is 7.43. The van der Waals surface area contributed by atoms with Crippen LogP contribution in [0.5, 0.6) is 0 Å². The molecule has 0 spiro atoms. The third-order valence-electron chi connectivity index (χ3n) is 2.85. The van der Waals surface area contributed by atoms with Crippen molar-refractivity contribution in [3.05, 3.63) is 30.3 Å². The molecule has 0 aromatic heterocycles. The van der Waals surface area contributed by atoms with Crippen LogP contribution < -0.4 is 4.90 Å². The Morgan fingerprint density at radius 2 is 1.75 bits per heavy atom. The molecule has 20 heavy (non-hydrogen) atoms. The van der Waals surface area contributed by atoms with Crippen molar-refractivity contribution in [3.8, 4) is 0 Å². The van der Waals surface area contributed by atoms with Gasteiger partial charge in [0.2, 0.25) is 11.7 Å². The summed E-state index contributed by atoms with van der Waals surface area (Å²) in [6, 6.07) is 8.96. The number of nitrogens with zero attached hydrogens (tertiary/aromatic N) is 1. The van der Waals surface area contributed by atoms with Gasteiger partial charge in [-0.2, -0.15) is 0 Å². The van der Waals surface area contributed by atoms with Crippen LogP contribution in [-0.4, -0.2) is 29.3 Å². The number of carboxylic acid groups (broad SMARTS) is 1. The number of anilines is 1. The summed E-state index contributed by atoms with van der Waals surface area (Å²) < 4.78 is 0. The number of carboxylic acids is 1. The molecule has 0 unspecified atom stereocenters. The zero-order valence-electron chi connectivity index (χ0n) is 11.7. The van der Waals surface area contributed by atoms with E-state index in [0.29, 0.717) is 18.2 Å². The molecule has 5 nitrogen and oxygen atoms in total. The van der Waals surface area contributed by atoms with Gasteiger partial charge < -0.3 is 10.0 Å². The van der Waals surface area contributed by atoms with Gasteiger partial charge in [0, 0.05) is 12.2 Å². The third-order valence-corrected chi connectivity index (χ3v) is 2.85. The van der Waals surface area contributed by atoms with Gasteiger partial charge in [-0.15, -0.1) is 0 Å². The molecule has 0 fully saturated rings. The van der Waals surface area contributed by atoms with E-state index >= 15 is 0 Å². The van der Waals surface area contributed by atoms with Crippen molar-refractivity contribution in [2.24, 2.45) is 5.92 Å². The molecular formula is C15H19NO4. The van der Waals surface area contributed by atoms with E-state index < -0.39 is 24.1 Å². The number of aliphatic carboxylic acids is 1. The Labute approximate surface area is 118 Å². The first kappa shape index (κ1) is 15.9. The molecule has 1 aromatic rings. The minimum absolute atomic E-state index is 0.407. The van der Waals surface area contributed by atoms with Gasteiger partial charge in [-0.05, 0) is 24.5 Å². The Balaban J connectivity index is 2.84. The summed E-state index contributed by atoms with van der Waals surface area (Å²) >= 11 is 0. The quantitative estimate of drug-likeness (QED) is 0.612. The number of para-hydroxylation sites is 1. The maximum atomic E-state index is 12.1. The molecule has 1 amide bonds. The molecule has 0 radical (unpaired) electrons. The molecule has 0 bridgehead atoms. The van der Waals surface area contributed by atoms with Crippen molar-refractivity contribution in [3.63, 3.8) is 0 Å². The Morgan fingerprint density at radius 1 is 1.15 bits per heavy atom. The largest absolute Gasteiger partial charge is 0.475 e. The standard InChI is InChI=1S/C15H19NO4/c1-11(2)8-9-16(12-6-4-3-5-7-12)14(18)10-13(17)15(19)20/h3-7,11H,8-10H2,1-2H3,(H,19,20). The monoisotopic (exact) mass is 277 g/mol. The van der Waals surface area contributed by atoms with Crippen molar-refractivity contribution in [1.82, 2.24) is 0 Å². The first-order valence-corrected chi connectivity index (χ1v) is 6.53. The number of benzene rings is 1. The molecule has 1 N–H and O–H groups in total. The van der Waals surface area contributed by atoms with Gasteiger partial charge in [-0.1, -0.05) is 32.0 Å². The van der Waals surface area contributed by atoms with Crippen LogP contribution in [0, 0.1) is 5.92 Å². The van der Waals surface area contributed by atoms with Crippen molar-refractivity contribution in [2.75, 3.05) is 11.4 Å². The lowest BCUT2D eigenvalue weighted by molar-refractivity contribution is -0.150. The van der Waals surface area contributed by atoms with E-state index in [0.717, 1.165) is 6.42 Å². The number of amides is 1. The summed E-state index contributed by atoms with van der Waals surface area (Å²) in [6.07, 6.45) is 0.171. The van der Waals surface area contributed by atoms with E-state index in [1.807, 2.05) is 19.9 Å². The highest BCUT2D eigenvalue weighted by molar-refractivity contribution is 6.36. The van der Waals surface area contributed by atoms with E-state index in [2.05, 4.69) is 0 Å². The lowest BCUT2D eigenvalue weighted by Gasteiger charge is -2.23. The Hall–Kier alpha value is -2.17. The predicted molar refractivity (Wildman–Crippen MR) is 75.5 cm³/mol. The summed E-state index contributed by atoms with van der Waals surface area (Å²) in [5.41, 5.74) is 0.677. The summed E-state index contributed by atoms with van der Waals surface area (Å²) in [7, 11) is 0. The lowest BCUT2D eigenvalue weighted by atomic mass is 10.1. The van der Waals surface area contributed by atoms with Gasteiger partial charge in [0.05, 0.1) is 6.42 Å². The van der Waals surface area contributed by atoms with Crippen LogP contribution in [0.2, 0.25) is 0 Å². The molecule has 1 rings (SSSR count). The fourth-order valence-corrected chi connectivity index (χ4v) is 1.70. The molecule has 1 aromatic carbocycles. The molecule has 0 saturated carbocycles. The van der Waals surface area contributed by atoms with Crippen LogP contribution in [0.15, 0.2) is 30.3 Å². The Morgan fingerprint density at radius 3 is 2.25 bits per heavy atom. The average Bonchev–Trinajstić information content (AvgIpc) is 2.39.